The summed E-state index contributed by atoms with van der Waals surface area (Å²) >= 11 is 6.15. The quantitative estimate of drug-likeness (QED) is 0.693. The van der Waals surface area contributed by atoms with E-state index in [1.54, 1.807) is 12.7 Å². The van der Waals surface area contributed by atoms with Gasteiger partial charge >= 0.3 is 6.03 Å². The first-order chi connectivity index (χ1) is 14.4. The Morgan fingerprint density at radius 1 is 1.03 bits per heavy atom. The summed E-state index contributed by atoms with van der Waals surface area (Å²) in [5.74, 6) is 1.63. The van der Waals surface area contributed by atoms with Crippen LogP contribution in [0.5, 0.6) is 0 Å². The van der Waals surface area contributed by atoms with Crippen LogP contribution in [-0.4, -0.2) is 56.6 Å². The molecule has 0 spiro atoms. The maximum Gasteiger partial charge on any atom is 0.321 e. The van der Waals surface area contributed by atoms with Gasteiger partial charge in [-0.2, -0.15) is 0 Å². The average molecular weight is 426 g/mol. The summed E-state index contributed by atoms with van der Waals surface area (Å²) in [7, 11) is 0. The summed E-state index contributed by atoms with van der Waals surface area (Å²) in [6.07, 6.45) is 3.34. The van der Waals surface area contributed by atoms with E-state index in [1.807, 2.05) is 54.5 Å². The maximum absolute atomic E-state index is 12.7. The smallest absolute Gasteiger partial charge is 0.321 e. The lowest BCUT2D eigenvalue weighted by Crippen LogP contribution is -2.50. The molecule has 1 fully saturated rings. The van der Waals surface area contributed by atoms with Crippen molar-refractivity contribution >= 4 is 29.1 Å². The van der Waals surface area contributed by atoms with Crippen LogP contribution in [0, 0.1) is 20.8 Å². The van der Waals surface area contributed by atoms with Crippen molar-refractivity contribution in [2.75, 3.05) is 36.4 Å². The van der Waals surface area contributed by atoms with Crippen LogP contribution >= 0.6 is 11.6 Å². The molecule has 1 aliphatic rings. The summed E-state index contributed by atoms with van der Waals surface area (Å²) in [5.41, 5.74) is 3.63. The van der Waals surface area contributed by atoms with E-state index in [0.29, 0.717) is 31.2 Å². The van der Waals surface area contributed by atoms with Gasteiger partial charge < -0.3 is 15.1 Å². The number of amides is 2. The molecule has 4 rings (SSSR count). The van der Waals surface area contributed by atoms with E-state index in [-0.39, 0.29) is 6.03 Å². The third-order valence-corrected chi connectivity index (χ3v) is 5.95. The first-order valence-electron chi connectivity index (χ1n) is 9.83. The van der Waals surface area contributed by atoms with Crippen LogP contribution in [0.25, 0.3) is 5.82 Å². The van der Waals surface area contributed by atoms with Gasteiger partial charge in [-0.15, -0.1) is 0 Å². The van der Waals surface area contributed by atoms with Crippen molar-refractivity contribution < 1.29 is 4.79 Å². The number of hydrogen-bond donors (Lipinski definition) is 1. The highest BCUT2D eigenvalue weighted by Crippen LogP contribution is 2.24. The lowest BCUT2D eigenvalue weighted by molar-refractivity contribution is 0.208. The number of imidazole rings is 1. The molecule has 2 amide bonds. The molecule has 0 radical (unpaired) electrons. The number of carbonyl (C=O) groups excluding carboxylic acids is 1. The van der Waals surface area contributed by atoms with Crippen LogP contribution in [0.1, 0.15) is 17.0 Å². The number of anilines is 2. The number of urea groups is 1. The van der Waals surface area contributed by atoms with Crippen LogP contribution in [0.15, 0.2) is 36.9 Å². The number of carbonyl (C=O) groups is 1. The summed E-state index contributed by atoms with van der Waals surface area (Å²) in [4.78, 5) is 29.8. The van der Waals surface area contributed by atoms with Crippen molar-refractivity contribution in [3.63, 3.8) is 0 Å². The third-order valence-electron chi connectivity index (χ3n) is 5.54. The number of hydrogen-bond acceptors (Lipinski definition) is 5. The molecule has 2 aromatic heterocycles. The number of aryl methyl sites for hydroxylation is 1. The van der Waals surface area contributed by atoms with Crippen molar-refractivity contribution in [1.29, 1.82) is 0 Å². The first-order valence-corrected chi connectivity index (χ1v) is 10.2. The van der Waals surface area contributed by atoms with Crippen LogP contribution in [0.4, 0.5) is 16.3 Å². The van der Waals surface area contributed by atoms with Crippen molar-refractivity contribution in [2.24, 2.45) is 0 Å². The molecule has 0 aliphatic carbocycles. The summed E-state index contributed by atoms with van der Waals surface area (Å²) < 4.78 is 1.96. The number of nitrogens with zero attached hydrogens (tertiary/aromatic N) is 6. The van der Waals surface area contributed by atoms with Crippen molar-refractivity contribution in [3.8, 4) is 5.82 Å². The minimum absolute atomic E-state index is 0.118. The van der Waals surface area contributed by atoms with E-state index in [4.69, 9.17) is 11.6 Å². The normalized spacial score (nSPS) is 14.1. The van der Waals surface area contributed by atoms with Gasteiger partial charge in [-0.05, 0) is 38.5 Å². The van der Waals surface area contributed by atoms with E-state index in [2.05, 4.69) is 25.2 Å². The van der Waals surface area contributed by atoms with Gasteiger partial charge in [0.2, 0.25) is 0 Å². The van der Waals surface area contributed by atoms with E-state index in [9.17, 15) is 4.79 Å². The molecular formula is C21H24ClN7O. The largest absolute Gasteiger partial charge is 0.353 e. The molecular weight excluding hydrogens is 402 g/mol. The zero-order valence-electron chi connectivity index (χ0n) is 17.3. The predicted molar refractivity (Wildman–Crippen MR) is 118 cm³/mol. The Labute approximate surface area is 180 Å². The van der Waals surface area contributed by atoms with Gasteiger partial charge in [0.15, 0.2) is 0 Å². The molecule has 3 heterocycles. The predicted octanol–water partition coefficient (Wildman–Crippen LogP) is 3.60. The number of piperazine rings is 1. The van der Waals surface area contributed by atoms with Gasteiger partial charge in [0.25, 0.3) is 0 Å². The van der Waals surface area contributed by atoms with E-state index in [0.717, 1.165) is 34.3 Å². The van der Waals surface area contributed by atoms with Gasteiger partial charge in [0.1, 0.15) is 24.3 Å². The fraction of sp³-hybridized carbons (Fsp3) is 0.333. The number of benzene rings is 1. The molecule has 1 N–H and O–H groups in total. The molecule has 0 atom stereocenters. The Bertz CT molecular complexity index is 1070. The molecule has 0 bridgehead atoms. The van der Waals surface area contributed by atoms with Crippen LogP contribution < -0.4 is 10.2 Å². The fourth-order valence-corrected chi connectivity index (χ4v) is 3.62. The van der Waals surface area contributed by atoms with E-state index in [1.165, 1.54) is 0 Å². The zero-order chi connectivity index (χ0) is 21.3. The van der Waals surface area contributed by atoms with Crippen molar-refractivity contribution in [3.05, 3.63) is 58.9 Å². The first kappa shape index (κ1) is 20.2. The molecule has 0 saturated carbocycles. The van der Waals surface area contributed by atoms with Gasteiger partial charge in [0, 0.05) is 48.6 Å². The van der Waals surface area contributed by atoms with Gasteiger partial charge in [-0.25, -0.2) is 19.7 Å². The molecule has 30 heavy (non-hydrogen) atoms. The van der Waals surface area contributed by atoms with E-state index < -0.39 is 0 Å². The lowest BCUT2D eigenvalue weighted by Gasteiger charge is -2.35. The monoisotopic (exact) mass is 425 g/mol. The van der Waals surface area contributed by atoms with Crippen LogP contribution in [-0.2, 0) is 0 Å². The molecule has 9 heteroatoms. The second-order valence-corrected chi connectivity index (χ2v) is 7.74. The molecule has 1 saturated heterocycles. The highest BCUT2D eigenvalue weighted by Gasteiger charge is 2.23. The Balaban J connectivity index is 1.41. The minimum atomic E-state index is -0.118. The molecule has 156 valence electrons. The summed E-state index contributed by atoms with van der Waals surface area (Å²) in [5, 5.41) is 3.60. The van der Waals surface area contributed by atoms with Gasteiger partial charge in [-0.3, -0.25) is 4.57 Å². The second-order valence-electron chi connectivity index (χ2n) is 7.34. The number of aromatic nitrogens is 4. The highest BCUT2D eigenvalue weighted by molar-refractivity contribution is 6.31. The van der Waals surface area contributed by atoms with Gasteiger partial charge in [0.05, 0.1) is 5.69 Å². The topological polar surface area (TPSA) is 79.2 Å². The molecule has 1 aromatic carbocycles. The van der Waals surface area contributed by atoms with Crippen LogP contribution in [0.2, 0.25) is 5.02 Å². The Morgan fingerprint density at radius 2 is 1.77 bits per heavy atom. The molecule has 1 aliphatic heterocycles. The number of halogens is 1. The summed E-state index contributed by atoms with van der Waals surface area (Å²) in [6, 6.07) is 7.34. The third kappa shape index (κ3) is 3.95. The molecule has 3 aromatic rings. The SMILES string of the molecule is Cc1ncn(-c2cc(N3CCN(C(=O)Nc4cccc(Cl)c4C)CC3)ncn2)c1C. The van der Waals surface area contributed by atoms with Crippen molar-refractivity contribution in [2.45, 2.75) is 20.8 Å². The Kier molecular flexibility index (Phi) is 5.59. The highest BCUT2D eigenvalue weighted by atomic mass is 35.5. The molecule has 0 unspecified atom stereocenters. The van der Waals surface area contributed by atoms with E-state index >= 15 is 0 Å². The molecule has 8 nitrogen and oxygen atoms in total. The minimum Gasteiger partial charge on any atom is -0.353 e. The average Bonchev–Trinajstić information content (AvgIpc) is 3.10. The second kappa shape index (κ2) is 8.31. The number of rotatable bonds is 3. The van der Waals surface area contributed by atoms with Crippen molar-refractivity contribution in [1.82, 2.24) is 24.4 Å². The fourth-order valence-electron chi connectivity index (χ4n) is 3.45. The Hall–Kier alpha value is -3.13. The zero-order valence-corrected chi connectivity index (χ0v) is 18.0. The van der Waals surface area contributed by atoms with Gasteiger partial charge in [-0.1, -0.05) is 17.7 Å². The van der Waals surface area contributed by atoms with Crippen LogP contribution in [0.3, 0.4) is 0 Å². The standard InChI is InChI=1S/C21H24ClN7O/c1-14-17(22)5-4-6-18(14)26-21(30)28-9-7-27(8-10-28)19-11-20(24-12-23-19)29-13-25-15(2)16(29)3/h4-6,11-13H,7-10H2,1-3H3,(H,26,30). The summed E-state index contributed by atoms with van der Waals surface area (Å²) in [6.45, 7) is 8.49. The Morgan fingerprint density at radius 3 is 2.47 bits per heavy atom. The lowest BCUT2D eigenvalue weighted by atomic mass is 10.2. The maximum atomic E-state index is 12.7. The number of nitrogens with one attached hydrogen (secondary N) is 1.